The summed E-state index contributed by atoms with van der Waals surface area (Å²) in [7, 11) is 0. The number of ether oxygens (including phenoxy) is 1. The molecule has 5 nitrogen and oxygen atoms in total. The predicted octanol–water partition coefficient (Wildman–Crippen LogP) is 4.50. The molecule has 0 bridgehead atoms. The molecule has 2 aromatic carbocycles. The van der Waals surface area contributed by atoms with Crippen molar-refractivity contribution in [1.29, 1.82) is 0 Å². The Hall–Kier alpha value is -2.53. The van der Waals surface area contributed by atoms with Gasteiger partial charge in [-0.1, -0.05) is 18.5 Å². The van der Waals surface area contributed by atoms with Gasteiger partial charge in [-0.2, -0.15) is 0 Å². The lowest BCUT2D eigenvalue weighted by Crippen LogP contribution is -2.42. The summed E-state index contributed by atoms with van der Waals surface area (Å²) in [6.45, 7) is 6.36. The number of nitrogens with zero attached hydrogens (tertiary/aromatic N) is 1. The van der Waals surface area contributed by atoms with E-state index < -0.39 is 6.10 Å². The van der Waals surface area contributed by atoms with Crippen LogP contribution in [0.15, 0.2) is 42.5 Å². The zero-order chi connectivity index (χ0) is 19.6. The molecular weight excluding hydrogens is 364 g/mol. The Labute approximate surface area is 164 Å². The molecule has 1 N–H and O–H groups in total. The summed E-state index contributed by atoms with van der Waals surface area (Å²) < 4.78 is 5.94. The van der Waals surface area contributed by atoms with Gasteiger partial charge in [-0.15, -0.1) is 0 Å². The van der Waals surface area contributed by atoms with Crippen LogP contribution in [-0.4, -0.2) is 28.9 Å². The van der Waals surface area contributed by atoms with E-state index in [-0.39, 0.29) is 17.9 Å². The third-order valence-electron chi connectivity index (χ3n) is 4.59. The van der Waals surface area contributed by atoms with E-state index in [1.807, 2.05) is 37.8 Å². The van der Waals surface area contributed by atoms with Crippen molar-refractivity contribution in [3.63, 3.8) is 0 Å². The topological polar surface area (TPSA) is 58.6 Å². The molecule has 2 aromatic rings. The van der Waals surface area contributed by atoms with Crippen LogP contribution in [0.25, 0.3) is 0 Å². The van der Waals surface area contributed by atoms with Crippen molar-refractivity contribution in [2.45, 2.75) is 45.9 Å². The van der Waals surface area contributed by atoms with E-state index in [4.69, 9.17) is 16.3 Å². The minimum absolute atomic E-state index is 0.00421. The normalized spacial score (nSPS) is 16.6. The summed E-state index contributed by atoms with van der Waals surface area (Å²) in [5.74, 6) is 0.461. The van der Waals surface area contributed by atoms with Crippen LogP contribution in [0.5, 0.6) is 5.75 Å². The fourth-order valence-corrected chi connectivity index (χ4v) is 3.17. The van der Waals surface area contributed by atoms with E-state index in [1.165, 1.54) is 0 Å². The van der Waals surface area contributed by atoms with Crippen molar-refractivity contribution in [1.82, 2.24) is 4.90 Å². The number of hydrogen-bond acceptors (Lipinski definition) is 3. The number of hydrogen-bond donors (Lipinski definition) is 1. The Morgan fingerprint density at radius 2 is 1.96 bits per heavy atom. The second kappa shape index (κ2) is 8.01. The summed E-state index contributed by atoms with van der Waals surface area (Å²) in [6.07, 6.45) is 0.124. The highest BCUT2D eigenvalue weighted by molar-refractivity contribution is 6.30. The minimum atomic E-state index is -0.483. The third-order valence-corrected chi connectivity index (χ3v) is 4.84. The number of rotatable bonds is 4. The zero-order valence-electron chi connectivity index (χ0n) is 15.7. The van der Waals surface area contributed by atoms with E-state index in [1.54, 1.807) is 30.3 Å². The van der Waals surface area contributed by atoms with Gasteiger partial charge < -0.3 is 15.0 Å². The minimum Gasteiger partial charge on any atom is -0.480 e. The van der Waals surface area contributed by atoms with Crippen LogP contribution >= 0.6 is 11.6 Å². The molecule has 1 aliphatic rings. The van der Waals surface area contributed by atoms with Crippen molar-refractivity contribution >= 4 is 29.1 Å². The number of carbonyl (C=O) groups is 2. The van der Waals surface area contributed by atoms with Gasteiger partial charge in [0.05, 0.1) is 0 Å². The summed E-state index contributed by atoms with van der Waals surface area (Å²) in [5, 5.41) is 3.47. The zero-order valence-corrected chi connectivity index (χ0v) is 16.4. The van der Waals surface area contributed by atoms with Gasteiger partial charge in [0.2, 0.25) is 0 Å². The van der Waals surface area contributed by atoms with Gasteiger partial charge in [-0.25, -0.2) is 0 Å². The molecule has 0 fully saturated rings. The highest BCUT2D eigenvalue weighted by Gasteiger charge is 2.31. The number of halogens is 1. The van der Waals surface area contributed by atoms with Gasteiger partial charge in [0.15, 0.2) is 6.10 Å². The number of amides is 2. The molecule has 0 unspecified atom stereocenters. The van der Waals surface area contributed by atoms with E-state index in [0.29, 0.717) is 35.0 Å². The lowest BCUT2D eigenvalue weighted by molar-refractivity contribution is -0.140. The molecule has 1 heterocycles. The third kappa shape index (κ3) is 4.25. The number of anilines is 1. The SMILES string of the molecule is CC[C@@H]1Oc2ccc(NC(=O)c3ccc(Cl)cc3)cc2CN(C(C)C)C1=O. The number of carbonyl (C=O) groups excluding carboxylic acids is 2. The molecular formula is C21H23ClN2O3. The van der Waals surface area contributed by atoms with Gasteiger partial charge in [-0.05, 0) is 62.7 Å². The van der Waals surface area contributed by atoms with E-state index >= 15 is 0 Å². The van der Waals surface area contributed by atoms with Crippen molar-refractivity contribution in [2.24, 2.45) is 0 Å². The number of fused-ring (bicyclic) bond motifs is 1. The van der Waals surface area contributed by atoms with Gasteiger partial charge in [0.25, 0.3) is 11.8 Å². The molecule has 0 spiro atoms. The van der Waals surface area contributed by atoms with E-state index in [0.717, 1.165) is 5.56 Å². The Bertz CT molecular complexity index is 849. The molecule has 27 heavy (non-hydrogen) atoms. The molecule has 1 atom stereocenters. The Morgan fingerprint density at radius 3 is 2.59 bits per heavy atom. The number of nitrogens with one attached hydrogen (secondary N) is 1. The van der Waals surface area contributed by atoms with Gasteiger partial charge in [-0.3, -0.25) is 9.59 Å². The molecule has 1 aliphatic heterocycles. The fraction of sp³-hybridized carbons (Fsp3) is 0.333. The van der Waals surface area contributed by atoms with Crippen LogP contribution in [0.4, 0.5) is 5.69 Å². The molecule has 6 heteroatoms. The fourth-order valence-electron chi connectivity index (χ4n) is 3.05. The molecule has 0 aliphatic carbocycles. The maximum Gasteiger partial charge on any atom is 0.264 e. The van der Waals surface area contributed by atoms with E-state index in [2.05, 4.69) is 5.32 Å². The van der Waals surface area contributed by atoms with Gasteiger partial charge in [0.1, 0.15) is 5.75 Å². The molecule has 142 valence electrons. The predicted molar refractivity (Wildman–Crippen MR) is 106 cm³/mol. The first-order chi connectivity index (χ1) is 12.9. The summed E-state index contributed by atoms with van der Waals surface area (Å²) in [6, 6.07) is 12.2. The molecule has 0 radical (unpaired) electrons. The van der Waals surface area contributed by atoms with Crippen LogP contribution in [0.3, 0.4) is 0 Å². The maximum atomic E-state index is 12.7. The highest BCUT2D eigenvalue weighted by Crippen LogP contribution is 2.30. The summed E-state index contributed by atoms with van der Waals surface area (Å²) >= 11 is 5.87. The second-order valence-corrected chi connectivity index (χ2v) is 7.29. The maximum absolute atomic E-state index is 12.7. The van der Waals surface area contributed by atoms with E-state index in [9.17, 15) is 9.59 Å². The first-order valence-corrected chi connectivity index (χ1v) is 9.43. The van der Waals surface area contributed by atoms with Gasteiger partial charge >= 0.3 is 0 Å². The van der Waals surface area contributed by atoms with Crippen molar-refractivity contribution < 1.29 is 14.3 Å². The average molecular weight is 387 g/mol. The summed E-state index contributed by atoms with van der Waals surface area (Å²) in [5.41, 5.74) is 2.06. The van der Waals surface area contributed by atoms with Crippen LogP contribution in [0, 0.1) is 0 Å². The highest BCUT2D eigenvalue weighted by atomic mass is 35.5. The van der Waals surface area contributed by atoms with Crippen LogP contribution in [0.2, 0.25) is 5.02 Å². The van der Waals surface area contributed by atoms with Crippen molar-refractivity contribution in [3.8, 4) is 5.75 Å². The molecule has 2 amide bonds. The number of benzene rings is 2. The van der Waals surface area contributed by atoms with Crippen molar-refractivity contribution in [2.75, 3.05) is 5.32 Å². The molecule has 0 aromatic heterocycles. The van der Waals surface area contributed by atoms with Crippen LogP contribution in [0.1, 0.15) is 43.1 Å². The van der Waals surface area contributed by atoms with Crippen LogP contribution < -0.4 is 10.1 Å². The smallest absolute Gasteiger partial charge is 0.264 e. The Morgan fingerprint density at radius 1 is 1.26 bits per heavy atom. The second-order valence-electron chi connectivity index (χ2n) is 6.86. The lowest BCUT2D eigenvalue weighted by Gasteiger charge is -2.27. The first-order valence-electron chi connectivity index (χ1n) is 9.06. The monoisotopic (exact) mass is 386 g/mol. The standard InChI is InChI=1S/C21H23ClN2O3/c1-4-18-21(26)24(13(2)3)12-15-11-17(9-10-19(15)27-18)23-20(25)14-5-7-16(22)8-6-14/h5-11,13,18H,4,12H2,1-3H3,(H,23,25)/t18-/m0/s1. The largest absolute Gasteiger partial charge is 0.480 e. The van der Waals surface area contributed by atoms with Crippen molar-refractivity contribution in [3.05, 3.63) is 58.6 Å². The molecule has 3 rings (SSSR count). The molecule has 0 saturated carbocycles. The Kier molecular flexibility index (Phi) is 5.71. The summed E-state index contributed by atoms with van der Waals surface area (Å²) in [4.78, 5) is 26.9. The first kappa shape index (κ1) is 19.2. The Balaban J connectivity index is 1.85. The molecule has 0 saturated heterocycles. The van der Waals surface area contributed by atoms with Crippen LogP contribution in [-0.2, 0) is 11.3 Å². The average Bonchev–Trinajstić information content (AvgIpc) is 2.78. The quantitative estimate of drug-likeness (QED) is 0.841. The van der Waals surface area contributed by atoms with Gasteiger partial charge in [0, 0.05) is 34.4 Å². The lowest BCUT2D eigenvalue weighted by atomic mass is 10.1.